The van der Waals surface area contributed by atoms with Gasteiger partial charge in [0.2, 0.25) is 0 Å². The molecule has 11 nitrogen and oxygen atoms in total. The van der Waals surface area contributed by atoms with Gasteiger partial charge in [0.15, 0.2) is 5.82 Å². The Labute approximate surface area is 238 Å². The Morgan fingerprint density at radius 3 is 2.24 bits per heavy atom. The first kappa shape index (κ1) is 27.4. The molecule has 5 rings (SSSR count). The molecule has 2 heterocycles. The standard InChI is InChI=1S/C28H20N4O7S2/c1-20(31(27-17-18-37-30-27)41(35,36)26-15-8-21(9-16-26)32(33)34)7-14-25-19-29-28(40-25)39-24-12-10-23(11-13-24)38-22-5-3-2-4-6-22/h2-6,8-13,15-20H,1H3. The van der Waals surface area contributed by atoms with E-state index in [4.69, 9.17) is 14.0 Å². The van der Waals surface area contributed by atoms with Crippen LogP contribution in [0, 0.1) is 22.0 Å². The average molecular weight is 589 g/mol. The maximum atomic E-state index is 13.5. The molecular weight excluding hydrogens is 568 g/mol. The van der Waals surface area contributed by atoms with E-state index in [-0.39, 0.29) is 16.4 Å². The van der Waals surface area contributed by atoms with Crippen molar-refractivity contribution in [1.29, 1.82) is 0 Å². The summed E-state index contributed by atoms with van der Waals surface area (Å²) in [4.78, 5) is 15.0. The van der Waals surface area contributed by atoms with Gasteiger partial charge >= 0.3 is 0 Å². The van der Waals surface area contributed by atoms with Crippen LogP contribution in [-0.4, -0.2) is 29.5 Å². The highest BCUT2D eigenvalue weighted by Crippen LogP contribution is 2.30. The summed E-state index contributed by atoms with van der Waals surface area (Å²) < 4.78 is 44.4. The molecule has 41 heavy (non-hydrogen) atoms. The molecule has 206 valence electrons. The van der Waals surface area contributed by atoms with E-state index in [9.17, 15) is 18.5 Å². The Hall–Kier alpha value is -5.19. The molecule has 5 aromatic rings. The number of para-hydroxylation sites is 1. The normalized spacial score (nSPS) is 11.6. The number of rotatable bonds is 9. The molecule has 1 atom stereocenters. The molecule has 0 aliphatic heterocycles. The van der Waals surface area contributed by atoms with Gasteiger partial charge in [0, 0.05) is 18.2 Å². The smallest absolute Gasteiger partial charge is 0.279 e. The Bertz CT molecular complexity index is 1800. The molecule has 0 fully saturated rings. The quantitative estimate of drug-likeness (QED) is 0.111. The van der Waals surface area contributed by atoms with Crippen molar-refractivity contribution in [3.05, 3.63) is 112 Å². The number of non-ortho nitro benzene ring substituents is 1. The topological polar surface area (TPSA) is 138 Å². The minimum absolute atomic E-state index is 0.0122. The fraction of sp³-hybridized carbons (Fsp3) is 0.0714. The number of ether oxygens (including phenoxy) is 2. The molecular formula is C28H20N4O7S2. The summed E-state index contributed by atoms with van der Waals surface area (Å²) in [5, 5.41) is 15.1. The summed E-state index contributed by atoms with van der Waals surface area (Å²) >= 11 is 1.19. The highest BCUT2D eigenvalue weighted by Gasteiger charge is 2.31. The van der Waals surface area contributed by atoms with Gasteiger partial charge in [0.1, 0.15) is 34.4 Å². The molecule has 3 aromatic carbocycles. The van der Waals surface area contributed by atoms with E-state index in [1.807, 2.05) is 30.3 Å². The van der Waals surface area contributed by atoms with Gasteiger partial charge in [0.05, 0.1) is 16.0 Å². The number of nitro groups is 1. The third-order valence-electron chi connectivity index (χ3n) is 5.50. The highest BCUT2D eigenvalue weighted by atomic mass is 32.2. The van der Waals surface area contributed by atoms with E-state index in [0.717, 1.165) is 34.3 Å². The molecule has 0 spiro atoms. The summed E-state index contributed by atoms with van der Waals surface area (Å²) in [5.41, 5.74) is -0.232. The lowest BCUT2D eigenvalue weighted by atomic mass is 10.3. The van der Waals surface area contributed by atoms with Gasteiger partial charge < -0.3 is 14.0 Å². The first-order valence-corrected chi connectivity index (χ1v) is 14.2. The number of aromatic nitrogens is 2. The molecule has 2 aromatic heterocycles. The Morgan fingerprint density at radius 2 is 1.61 bits per heavy atom. The van der Waals surface area contributed by atoms with Crippen LogP contribution >= 0.6 is 11.3 Å². The second-order valence-corrected chi connectivity index (χ2v) is 11.1. The molecule has 0 saturated carbocycles. The number of nitro benzene ring substituents is 1. The van der Waals surface area contributed by atoms with Crippen LogP contribution in [0.5, 0.6) is 22.4 Å². The first-order chi connectivity index (χ1) is 19.8. The van der Waals surface area contributed by atoms with Crippen LogP contribution in [0.4, 0.5) is 11.5 Å². The van der Waals surface area contributed by atoms with E-state index >= 15 is 0 Å². The summed E-state index contributed by atoms with van der Waals surface area (Å²) in [6.07, 6.45) is 2.76. The zero-order chi connectivity index (χ0) is 28.8. The van der Waals surface area contributed by atoms with Gasteiger partial charge in [-0.05, 0) is 55.5 Å². The van der Waals surface area contributed by atoms with Crippen LogP contribution in [0.25, 0.3) is 0 Å². The van der Waals surface area contributed by atoms with Crippen molar-refractivity contribution in [2.75, 3.05) is 4.31 Å². The van der Waals surface area contributed by atoms with Crippen LogP contribution in [0.15, 0.2) is 107 Å². The number of hydrogen-bond donors (Lipinski definition) is 0. The summed E-state index contributed by atoms with van der Waals surface area (Å²) in [6, 6.07) is 21.5. The average Bonchev–Trinajstić information content (AvgIpc) is 3.66. The minimum atomic E-state index is -4.19. The molecule has 13 heteroatoms. The highest BCUT2D eigenvalue weighted by molar-refractivity contribution is 7.92. The van der Waals surface area contributed by atoms with Crippen LogP contribution in [0.1, 0.15) is 11.8 Å². The predicted molar refractivity (Wildman–Crippen MR) is 151 cm³/mol. The second-order valence-electron chi connectivity index (χ2n) is 8.33. The fourth-order valence-electron chi connectivity index (χ4n) is 3.60. The first-order valence-electron chi connectivity index (χ1n) is 12.0. The Kier molecular flexibility index (Phi) is 7.95. The Morgan fingerprint density at radius 1 is 0.951 bits per heavy atom. The number of benzene rings is 3. The van der Waals surface area contributed by atoms with Crippen molar-refractivity contribution in [1.82, 2.24) is 10.1 Å². The van der Waals surface area contributed by atoms with Gasteiger partial charge in [-0.1, -0.05) is 46.5 Å². The van der Waals surface area contributed by atoms with Gasteiger partial charge in [-0.2, -0.15) is 0 Å². The summed E-state index contributed by atoms with van der Waals surface area (Å²) in [7, 11) is -4.19. The second kappa shape index (κ2) is 11.9. The Balaban J connectivity index is 1.30. The van der Waals surface area contributed by atoms with Crippen molar-refractivity contribution in [3.8, 4) is 34.3 Å². The monoisotopic (exact) mass is 588 g/mol. The van der Waals surface area contributed by atoms with Crippen molar-refractivity contribution >= 4 is 32.9 Å². The maximum Gasteiger partial charge on any atom is 0.279 e. The fourth-order valence-corrected chi connectivity index (χ4v) is 5.76. The molecule has 1 unspecified atom stereocenters. The lowest BCUT2D eigenvalue weighted by Crippen LogP contribution is -2.38. The molecule has 0 N–H and O–H groups in total. The van der Waals surface area contributed by atoms with E-state index in [1.165, 1.54) is 29.9 Å². The number of hydrogen-bond acceptors (Lipinski definition) is 10. The zero-order valence-corrected chi connectivity index (χ0v) is 22.9. The van der Waals surface area contributed by atoms with Crippen LogP contribution in [-0.2, 0) is 10.0 Å². The maximum absolute atomic E-state index is 13.5. The SMILES string of the molecule is CC(C#Cc1cnc(Oc2ccc(Oc3ccccc3)cc2)s1)N(c1ccon1)S(=O)(=O)c1ccc([N+](=O)[O-])cc1. The predicted octanol–water partition coefficient (Wildman–Crippen LogP) is 6.26. The molecule has 0 aliphatic carbocycles. The van der Waals surface area contributed by atoms with E-state index < -0.39 is 21.0 Å². The van der Waals surface area contributed by atoms with Gasteiger partial charge in [-0.3, -0.25) is 10.1 Å². The van der Waals surface area contributed by atoms with Crippen molar-refractivity contribution in [2.45, 2.75) is 17.9 Å². The largest absolute Gasteiger partial charge is 0.457 e. The van der Waals surface area contributed by atoms with Crippen molar-refractivity contribution < 1.29 is 27.3 Å². The van der Waals surface area contributed by atoms with E-state index in [0.29, 0.717) is 21.6 Å². The third kappa shape index (κ3) is 6.52. The van der Waals surface area contributed by atoms with E-state index in [1.54, 1.807) is 31.2 Å². The minimum Gasteiger partial charge on any atom is -0.457 e. The van der Waals surface area contributed by atoms with Gasteiger partial charge in [-0.25, -0.2) is 17.7 Å². The van der Waals surface area contributed by atoms with Crippen molar-refractivity contribution in [3.63, 3.8) is 0 Å². The summed E-state index contributed by atoms with van der Waals surface area (Å²) in [6.45, 7) is 1.59. The lowest BCUT2D eigenvalue weighted by Gasteiger charge is -2.24. The molecule has 0 radical (unpaired) electrons. The van der Waals surface area contributed by atoms with Gasteiger partial charge in [0.25, 0.3) is 20.9 Å². The molecule has 0 aliphatic rings. The van der Waals surface area contributed by atoms with Crippen LogP contribution in [0.2, 0.25) is 0 Å². The summed E-state index contributed by atoms with van der Waals surface area (Å²) in [5.74, 6) is 7.78. The third-order valence-corrected chi connectivity index (χ3v) is 8.18. The number of anilines is 1. The number of nitrogens with zero attached hydrogens (tertiary/aromatic N) is 4. The molecule has 0 amide bonds. The number of sulfonamides is 1. The van der Waals surface area contributed by atoms with Gasteiger partial charge in [-0.15, -0.1) is 0 Å². The van der Waals surface area contributed by atoms with Crippen LogP contribution < -0.4 is 13.8 Å². The molecule has 0 bridgehead atoms. The van der Waals surface area contributed by atoms with Crippen molar-refractivity contribution in [2.24, 2.45) is 0 Å². The number of thiazole rings is 1. The van der Waals surface area contributed by atoms with Crippen LogP contribution in [0.3, 0.4) is 0 Å². The zero-order valence-electron chi connectivity index (χ0n) is 21.3. The van der Waals surface area contributed by atoms with E-state index in [2.05, 4.69) is 22.0 Å². The molecule has 0 saturated heterocycles. The lowest BCUT2D eigenvalue weighted by molar-refractivity contribution is -0.384.